The van der Waals surface area contributed by atoms with Gasteiger partial charge in [0.1, 0.15) is 6.61 Å². The molecule has 4 rings (SSSR count). The highest BCUT2D eigenvalue weighted by atomic mass is 19.2. The number of hydrogen-bond acceptors (Lipinski definition) is 2. The van der Waals surface area contributed by atoms with E-state index >= 15 is 0 Å². The smallest absolute Gasteiger partial charge is 0.166 e. The lowest BCUT2D eigenvalue weighted by molar-refractivity contribution is 0.199. The summed E-state index contributed by atoms with van der Waals surface area (Å²) in [5.74, 6) is -0.978. The van der Waals surface area contributed by atoms with Crippen LogP contribution < -0.4 is 4.74 Å². The highest BCUT2D eigenvalue weighted by Gasteiger charge is 2.24. The van der Waals surface area contributed by atoms with Crippen LogP contribution in [0, 0.1) is 23.4 Å². The molecule has 0 heterocycles. The van der Waals surface area contributed by atoms with Crippen molar-refractivity contribution >= 4 is 0 Å². The fourth-order valence-electron chi connectivity index (χ4n) is 5.13. The van der Waals surface area contributed by atoms with Crippen LogP contribution in [0.3, 0.4) is 0 Å². The van der Waals surface area contributed by atoms with Crippen LogP contribution in [-0.4, -0.2) is 11.7 Å². The molecule has 0 aromatic heterocycles. The first kappa shape index (κ1) is 26.0. The van der Waals surface area contributed by atoms with E-state index in [4.69, 9.17) is 4.74 Å². The van der Waals surface area contributed by atoms with Crippen LogP contribution in [0.4, 0.5) is 13.2 Å². The van der Waals surface area contributed by atoms with Crippen molar-refractivity contribution in [2.75, 3.05) is 6.61 Å². The van der Waals surface area contributed by atoms with E-state index in [0.29, 0.717) is 29.4 Å². The molecule has 0 amide bonds. The maximum Gasteiger partial charge on any atom is 0.166 e. The van der Waals surface area contributed by atoms with Crippen LogP contribution >= 0.6 is 0 Å². The van der Waals surface area contributed by atoms with E-state index in [1.807, 2.05) is 6.07 Å². The van der Waals surface area contributed by atoms with Crippen molar-refractivity contribution < 1.29 is 23.0 Å². The van der Waals surface area contributed by atoms with Gasteiger partial charge in [0.25, 0.3) is 0 Å². The Morgan fingerprint density at radius 1 is 0.972 bits per heavy atom. The Bertz CT molecular complexity index is 1180. The van der Waals surface area contributed by atoms with Gasteiger partial charge in [-0.2, -0.15) is 0 Å². The van der Waals surface area contributed by atoms with Crippen molar-refractivity contribution in [2.24, 2.45) is 5.92 Å². The molecule has 0 saturated heterocycles. The predicted octanol–water partition coefficient (Wildman–Crippen LogP) is 8.30. The third-order valence-electron chi connectivity index (χ3n) is 7.32. The first-order valence-electron chi connectivity index (χ1n) is 12.7. The summed E-state index contributed by atoms with van der Waals surface area (Å²) in [4.78, 5) is 0. The van der Waals surface area contributed by atoms with E-state index in [-0.39, 0.29) is 23.7 Å². The molecule has 1 saturated carbocycles. The standard InChI is InChI=1S/C31H33F3O2/c1-3-18-36-29-17-15-26(19-28(29)32)23-7-4-21(5-8-23)6-9-25-14-16-27(31(34)30(25)33)24-12-10-22(11-13-24)20(2)35/h3,10-17,19-21,23,35H,1,4-9,18H2,2H3. The van der Waals surface area contributed by atoms with Gasteiger partial charge < -0.3 is 9.84 Å². The van der Waals surface area contributed by atoms with Crippen LogP contribution in [0.2, 0.25) is 0 Å². The molecule has 1 fully saturated rings. The van der Waals surface area contributed by atoms with Crippen molar-refractivity contribution in [3.05, 3.63) is 101 Å². The van der Waals surface area contributed by atoms with E-state index in [1.54, 1.807) is 61.5 Å². The van der Waals surface area contributed by atoms with Gasteiger partial charge in [0.05, 0.1) is 6.10 Å². The molecule has 5 heteroatoms. The van der Waals surface area contributed by atoms with Gasteiger partial charge in [0, 0.05) is 5.56 Å². The average Bonchev–Trinajstić information content (AvgIpc) is 2.89. The lowest BCUT2D eigenvalue weighted by atomic mass is 9.77. The Morgan fingerprint density at radius 3 is 2.33 bits per heavy atom. The zero-order valence-electron chi connectivity index (χ0n) is 20.7. The minimum atomic E-state index is -0.830. The Morgan fingerprint density at radius 2 is 1.69 bits per heavy atom. The first-order chi connectivity index (χ1) is 17.4. The van der Waals surface area contributed by atoms with Gasteiger partial charge in [-0.3, -0.25) is 0 Å². The van der Waals surface area contributed by atoms with E-state index in [9.17, 15) is 18.3 Å². The summed E-state index contributed by atoms with van der Waals surface area (Å²) in [6.07, 6.45) is 6.14. The van der Waals surface area contributed by atoms with Crippen molar-refractivity contribution in [2.45, 2.75) is 57.5 Å². The third kappa shape index (κ3) is 6.01. The van der Waals surface area contributed by atoms with E-state index in [2.05, 4.69) is 6.58 Å². The minimum Gasteiger partial charge on any atom is -0.486 e. The third-order valence-corrected chi connectivity index (χ3v) is 7.32. The second-order valence-corrected chi connectivity index (χ2v) is 9.74. The summed E-state index contributed by atoms with van der Waals surface area (Å²) in [6.45, 7) is 5.51. The Labute approximate surface area is 211 Å². The molecule has 0 spiro atoms. The van der Waals surface area contributed by atoms with Crippen molar-refractivity contribution in [3.63, 3.8) is 0 Å². The number of hydrogen-bond donors (Lipinski definition) is 1. The van der Waals surface area contributed by atoms with Gasteiger partial charge in [-0.05, 0) is 91.7 Å². The number of aliphatic hydroxyl groups is 1. The zero-order valence-corrected chi connectivity index (χ0v) is 20.7. The van der Waals surface area contributed by atoms with Gasteiger partial charge >= 0.3 is 0 Å². The average molecular weight is 495 g/mol. The Hall–Kier alpha value is -3.05. The number of rotatable bonds is 9. The van der Waals surface area contributed by atoms with Gasteiger partial charge in [0.2, 0.25) is 0 Å². The molecular formula is C31H33F3O2. The summed E-state index contributed by atoms with van der Waals surface area (Å²) in [7, 11) is 0. The molecule has 1 aliphatic rings. The van der Waals surface area contributed by atoms with Gasteiger partial charge in [0.15, 0.2) is 23.2 Å². The quantitative estimate of drug-likeness (QED) is 0.303. The number of benzene rings is 3. The van der Waals surface area contributed by atoms with Crippen molar-refractivity contribution in [1.29, 1.82) is 0 Å². The summed E-state index contributed by atoms with van der Waals surface area (Å²) < 4.78 is 49.4. The van der Waals surface area contributed by atoms with E-state index in [1.165, 1.54) is 0 Å². The highest BCUT2D eigenvalue weighted by molar-refractivity contribution is 5.65. The molecule has 0 bridgehead atoms. The normalized spacial score (nSPS) is 18.6. The monoisotopic (exact) mass is 494 g/mol. The Kier molecular flexibility index (Phi) is 8.52. The lowest BCUT2D eigenvalue weighted by Crippen LogP contribution is -2.14. The number of aryl methyl sites for hydroxylation is 1. The lowest BCUT2D eigenvalue weighted by Gasteiger charge is -2.29. The molecule has 0 aliphatic heterocycles. The molecule has 1 N–H and O–H groups in total. The van der Waals surface area contributed by atoms with Gasteiger partial charge in [-0.1, -0.05) is 55.1 Å². The molecule has 3 aromatic carbocycles. The molecule has 1 unspecified atom stereocenters. The zero-order chi connectivity index (χ0) is 25.7. The number of halogens is 3. The van der Waals surface area contributed by atoms with Crippen molar-refractivity contribution in [3.8, 4) is 16.9 Å². The molecule has 2 nitrogen and oxygen atoms in total. The van der Waals surface area contributed by atoms with Crippen molar-refractivity contribution in [1.82, 2.24) is 0 Å². The van der Waals surface area contributed by atoms with E-state index in [0.717, 1.165) is 43.2 Å². The molecule has 3 aromatic rings. The van der Waals surface area contributed by atoms with E-state index < -0.39 is 17.7 Å². The van der Waals surface area contributed by atoms with Gasteiger partial charge in [-0.15, -0.1) is 0 Å². The molecule has 190 valence electrons. The van der Waals surface area contributed by atoms with Crippen LogP contribution in [0.25, 0.3) is 11.1 Å². The van der Waals surface area contributed by atoms with Crippen LogP contribution in [0.1, 0.15) is 67.7 Å². The molecular weight excluding hydrogens is 461 g/mol. The first-order valence-corrected chi connectivity index (χ1v) is 12.7. The summed E-state index contributed by atoms with van der Waals surface area (Å²) in [5.41, 5.74) is 2.92. The highest BCUT2D eigenvalue weighted by Crippen LogP contribution is 2.39. The maximum absolute atomic E-state index is 14.9. The maximum atomic E-state index is 14.9. The fraction of sp³-hybridized carbons (Fsp3) is 0.355. The Balaban J connectivity index is 1.33. The SMILES string of the molecule is C=CCOc1ccc(C2CCC(CCc3ccc(-c4ccc(C(C)O)cc4)c(F)c3F)CC2)cc1F. The topological polar surface area (TPSA) is 29.5 Å². The van der Waals surface area contributed by atoms with Crippen LogP contribution in [-0.2, 0) is 6.42 Å². The van der Waals surface area contributed by atoms with Crippen LogP contribution in [0.5, 0.6) is 5.75 Å². The largest absolute Gasteiger partial charge is 0.486 e. The molecule has 36 heavy (non-hydrogen) atoms. The number of ether oxygens (including phenoxy) is 1. The summed E-state index contributed by atoms with van der Waals surface area (Å²) in [6, 6.07) is 15.4. The van der Waals surface area contributed by atoms with Crippen LogP contribution in [0.15, 0.2) is 67.3 Å². The molecule has 1 aliphatic carbocycles. The summed E-state index contributed by atoms with van der Waals surface area (Å²) >= 11 is 0. The predicted molar refractivity (Wildman–Crippen MR) is 138 cm³/mol. The van der Waals surface area contributed by atoms with Gasteiger partial charge in [-0.25, -0.2) is 13.2 Å². The molecule has 1 atom stereocenters. The fourth-order valence-corrected chi connectivity index (χ4v) is 5.13. The second kappa shape index (κ2) is 11.8. The number of aliphatic hydroxyl groups excluding tert-OH is 1. The second-order valence-electron chi connectivity index (χ2n) is 9.74. The molecule has 0 radical (unpaired) electrons. The minimum absolute atomic E-state index is 0.224. The summed E-state index contributed by atoms with van der Waals surface area (Å²) in [5, 5.41) is 9.65.